The zero-order valence-electron chi connectivity index (χ0n) is 17.6. The van der Waals surface area contributed by atoms with E-state index in [4.69, 9.17) is 21.2 Å². The Bertz CT molecular complexity index is 1150. The summed E-state index contributed by atoms with van der Waals surface area (Å²) >= 11 is 6.24. The first-order valence-corrected chi connectivity index (χ1v) is 11.6. The van der Waals surface area contributed by atoms with Crippen LogP contribution in [0.5, 0.6) is 0 Å². The number of hydrogen-bond donors (Lipinski definition) is 3. The van der Waals surface area contributed by atoms with Crippen molar-refractivity contribution in [1.29, 1.82) is 0 Å². The molecule has 0 radical (unpaired) electrons. The first kappa shape index (κ1) is 22.9. The second-order valence-electron chi connectivity index (χ2n) is 7.82. The summed E-state index contributed by atoms with van der Waals surface area (Å²) in [5.41, 5.74) is 2.66. The standard InChI is InChI=1S/C21H24ClN3O5S/c1-11(2)14-8-13(22)9-15(12(3)4)20(14)23-21(26)25-31(28,29)19-10-16-17(24-27)6-5-7-18(16)30-19/h5-6,8-12,27H,7H2,1-4H3,(H2,23,25,26)/b24-17-. The van der Waals surface area contributed by atoms with E-state index in [9.17, 15) is 13.2 Å². The van der Waals surface area contributed by atoms with Crippen LogP contribution in [0, 0.1) is 0 Å². The number of allylic oxidation sites excluding steroid dienone is 2. The van der Waals surface area contributed by atoms with Crippen molar-refractivity contribution in [3.63, 3.8) is 0 Å². The van der Waals surface area contributed by atoms with Gasteiger partial charge < -0.3 is 14.9 Å². The molecule has 3 rings (SSSR count). The average molecular weight is 466 g/mol. The molecular formula is C21H24ClN3O5S. The minimum Gasteiger partial charge on any atom is -0.447 e. The summed E-state index contributed by atoms with van der Waals surface area (Å²) in [6.07, 6.45) is 3.57. The van der Waals surface area contributed by atoms with Crippen LogP contribution in [0.4, 0.5) is 10.5 Å². The molecule has 1 aliphatic carbocycles. The Balaban J connectivity index is 1.89. The number of sulfonamides is 1. The van der Waals surface area contributed by atoms with Crippen LogP contribution in [-0.2, 0) is 16.4 Å². The number of fused-ring (bicyclic) bond motifs is 1. The van der Waals surface area contributed by atoms with Crippen LogP contribution in [0.1, 0.15) is 62.0 Å². The van der Waals surface area contributed by atoms with Gasteiger partial charge in [-0.05, 0) is 41.2 Å². The van der Waals surface area contributed by atoms with Crippen LogP contribution in [-0.4, -0.2) is 25.4 Å². The fourth-order valence-electron chi connectivity index (χ4n) is 3.38. The molecule has 3 N–H and O–H groups in total. The van der Waals surface area contributed by atoms with Crippen LogP contribution in [0.3, 0.4) is 0 Å². The minimum absolute atomic E-state index is 0.0450. The number of nitrogens with one attached hydrogen (secondary N) is 2. The van der Waals surface area contributed by atoms with E-state index in [-0.39, 0.29) is 17.5 Å². The van der Waals surface area contributed by atoms with Crippen molar-refractivity contribution in [2.24, 2.45) is 5.16 Å². The fraction of sp³-hybridized carbons (Fsp3) is 0.333. The Labute approximate surface area is 186 Å². The third-order valence-corrected chi connectivity index (χ3v) is 6.29. The van der Waals surface area contributed by atoms with Gasteiger partial charge >= 0.3 is 6.03 Å². The van der Waals surface area contributed by atoms with Crippen molar-refractivity contribution < 1.29 is 22.8 Å². The Morgan fingerprint density at radius 1 is 1.16 bits per heavy atom. The smallest absolute Gasteiger partial charge is 0.333 e. The molecule has 31 heavy (non-hydrogen) atoms. The fourth-order valence-corrected chi connectivity index (χ4v) is 4.49. The molecule has 0 atom stereocenters. The van der Waals surface area contributed by atoms with E-state index in [1.807, 2.05) is 32.4 Å². The molecule has 0 saturated carbocycles. The summed E-state index contributed by atoms with van der Waals surface area (Å²) in [4.78, 5) is 12.6. The first-order valence-electron chi connectivity index (χ1n) is 9.72. The zero-order chi connectivity index (χ0) is 22.9. The molecule has 2 amide bonds. The summed E-state index contributed by atoms with van der Waals surface area (Å²) in [5, 5.41) is 15.0. The normalized spacial score (nSPS) is 14.9. The molecule has 0 fully saturated rings. The van der Waals surface area contributed by atoms with E-state index in [0.29, 0.717) is 28.5 Å². The number of anilines is 1. The van der Waals surface area contributed by atoms with Gasteiger partial charge in [-0.2, -0.15) is 8.42 Å². The van der Waals surface area contributed by atoms with Gasteiger partial charge in [-0.3, -0.25) is 0 Å². The van der Waals surface area contributed by atoms with E-state index >= 15 is 0 Å². The number of nitrogens with zero attached hydrogens (tertiary/aromatic N) is 1. The number of carbonyl (C=O) groups is 1. The van der Waals surface area contributed by atoms with Gasteiger partial charge in [0.15, 0.2) is 0 Å². The number of rotatable bonds is 5. The molecule has 0 aliphatic heterocycles. The number of urea groups is 1. The largest absolute Gasteiger partial charge is 0.447 e. The topological polar surface area (TPSA) is 121 Å². The van der Waals surface area contributed by atoms with E-state index < -0.39 is 21.1 Å². The zero-order valence-corrected chi connectivity index (χ0v) is 19.1. The van der Waals surface area contributed by atoms with Gasteiger partial charge in [0.25, 0.3) is 10.0 Å². The highest BCUT2D eigenvalue weighted by Crippen LogP contribution is 2.35. The van der Waals surface area contributed by atoms with Gasteiger partial charge in [0.2, 0.25) is 5.09 Å². The maximum atomic E-state index is 12.7. The van der Waals surface area contributed by atoms with Crippen molar-refractivity contribution in [3.8, 4) is 0 Å². The van der Waals surface area contributed by atoms with Gasteiger partial charge in [0.05, 0.1) is 0 Å². The second-order valence-corrected chi connectivity index (χ2v) is 9.87. The molecular weight excluding hydrogens is 442 g/mol. The second kappa shape index (κ2) is 8.76. The highest BCUT2D eigenvalue weighted by molar-refractivity contribution is 7.89. The Kier molecular flexibility index (Phi) is 6.47. The lowest BCUT2D eigenvalue weighted by molar-refractivity contribution is 0.256. The van der Waals surface area contributed by atoms with Crippen LogP contribution in [0.15, 0.2) is 45.0 Å². The minimum atomic E-state index is -4.30. The summed E-state index contributed by atoms with van der Waals surface area (Å²) in [6, 6.07) is 3.82. The highest BCUT2D eigenvalue weighted by atomic mass is 35.5. The van der Waals surface area contributed by atoms with Crippen molar-refractivity contribution in [1.82, 2.24) is 4.72 Å². The predicted molar refractivity (Wildman–Crippen MR) is 119 cm³/mol. The van der Waals surface area contributed by atoms with Gasteiger partial charge in [0.1, 0.15) is 11.5 Å². The summed E-state index contributed by atoms with van der Waals surface area (Å²) in [6.45, 7) is 7.82. The number of oxime groups is 1. The summed E-state index contributed by atoms with van der Waals surface area (Å²) in [5.74, 6) is 0.421. The molecule has 1 aliphatic rings. The number of carbonyl (C=O) groups excluding carboxylic acids is 1. The van der Waals surface area contributed by atoms with Gasteiger partial charge in [-0.1, -0.05) is 50.5 Å². The van der Waals surface area contributed by atoms with Gasteiger partial charge in [-0.25, -0.2) is 9.52 Å². The van der Waals surface area contributed by atoms with Crippen LogP contribution >= 0.6 is 11.6 Å². The van der Waals surface area contributed by atoms with Gasteiger partial charge in [-0.15, -0.1) is 0 Å². The lowest BCUT2D eigenvalue weighted by Gasteiger charge is -2.21. The maximum Gasteiger partial charge on any atom is 0.333 e. The maximum absolute atomic E-state index is 12.7. The van der Waals surface area contributed by atoms with Crippen LogP contribution in [0.2, 0.25) is 5.02 Å². The highest BCUT2D eigenvalue weighted by Gasteiger charge is 2.28. The van der Waals surface area contributed by atoms with E-state index in [0.717, 1.165) is 11.1 Å². The number of amides is 2. The third kappa shape index (κ3) is 4.77. The summed E-state index contributed by atoms with van der Waals surface area (Å²) < 4.78 is 32.8. The molecule has 1 aromatic carbocycles. The van der Waals surface area contributed by atoms with Crippen molar-refractivity contribution >= 4 is 39.1 Å². The molecule has 8 nitrogen and oxygen atoms in total. The third-order valence-electron chi connectivity index (χ3n) is 4.89. The molecule has 1 aromatic heterocycles. The Morgan fingerprint density at radius 2 is 1.77 bits per heavy atom. The molecule has 0 unspecified atom stereocenters. The van der Waals surface area contributed by atoms with Crippen molar-refractivity contribution in [2.45, 2.75) is 51.0 Å². The van der Waals surface area contributed by atoms with E-state index in [1.54, 1.807) is 24.3 Å². The monoisotopic (exact) mass is 465 g/mol. The quantitative estimate of drug-likeness (QED) is 0.424. The average Bonchev–Trinajstić information content (AvgIpc) is 3.13. The Hall–Kier alpha value is -2.78. The van der Waals surface area contributed by atoms with Crippen molar-refractivity contribution in [3.05, 3.63) is 57.8 Å². The van der Waals surface area contributed by atoms with Gasteiger partial charge in [0, 0.05) is 28.8 Å². The molecule has 0 spiro atoms. The number of hydrogen-bond acceptors (Lipinski definition) is 6. The number of benzene rings is 1. The van der Waals surface area contributed by atoms with Crippen molar-refractivity contribution in [2.75, 3.05) is 5.32 Å². The Morgan fingerprint density at radius 3 is 2.32 bits per heavy atom. The van der Waals surface area contributed by atoms with Crippen LogP contribution in [0.25, 0.3) is 0 Å². The van der Waals surface area contributed by atoms with Crippen LogP contribution < -0.4 is 10.0 Å². The lowest BCUT2D eigenvalue weighted by atomic mass is 9.92. The molecule has 2 aromatic rings. The molecule has 0 bridgehead atoms. The molecule has 1 heterocycles. The molecule has 10 heteroatoms. The number of halogens is 1. The summed E-state index contributed by atoms with van der Waals surface area (Å²) in [7, 11) is -4.30. The first-order chi connectivity index (χ1) is 14.5. The number of furan rings is 1. The molecule has 0 saturated heterocycles. The van der Waals surface area contributed by atoms with E-state index in [2.05, 4.69) is 10.5 Å². The SMILES string of the molecule is CC(C)c1cc(Cl)cc(C(C)C)c1NC(=O)NS(=O)(=O)c1cc2c(o1)CC=C/C2=N/O. The molecule has 166 valence electrons. The van der Waals surface area contributed by atoms with E-state index in [1.165, 1.54) is 6.07 Å². The predicted octanol–water partition coefficient (Wildman–Crippen LogP) is 4.98. The lowest BCUT2D eigenvalue weighted by Crippen LogP contribution is -2.34.